The summed E-state index contributed by atoms with van der Waals surface area (Å²) in [6.45, 7) is 1.44. The molecule has 0 fully saturated rings. The largest absolute Gasteiger partial charge is 0.473 e. The minimum Gasteiger partial charge on any atom is -0.473 e. The molecule has 17 rings (SSSR count). The van der Waals surface area contributed by atoms with Crippen molar-refractivity contribution in [1.29, 1.82) is 0 Å². The standard InChI is InChI=1S/2C5H5N.2C4H4N2.C4H5N.2C4H4O.C4H4S.3C3H4N2.2C3H3NO.C3H3NS.2C2H3N3.C2H2N2S/c2*1-2-4-6-5-3-1;1-2-6-4-3-5-1;1-2-4-6-5-3-1;4*1-2-4-5-3-1;2*1-2-5-3-4-1;1-2-4-5-3-1;3*1-2-5-3-4-1;2*1-2-4-5-3-1;1-3-4-2-5-1/h2*1-5H;2*1-4H;1-5H;3*1-4H;1,3H,2H2;2*1-3H,(H,4,5);3*1-3H;1H,2H2;1-2H,(H,3,4,5);1-2H. The van der Waals surface area contributed by atoms with Gasteiger partial charge >= 0.3 is 0 Å². The van der Waals surface area contributed by atoms with Crippen LogP contribution in [0.5, 0.6) is 0 Å². The molecule has 0 amide bonds. The fourth-order valence-corrected chi connectivity index (χ4v) is 4.85. The van der Waals surface area contributed by atoms with Gasteiger partial charge in [0.2, 0.25) is 0 Å². The molecule has 0 unspecified atom stereocenters. The minimum absolute atomic E-state index is 0.667. The molecule has 17 heterocycles. The molecule has 0 spiro atoms. The van der Waals surface area contributed by atoms with Crippen molar-refractivity contribution in [3.63, 3.8) is 0 Å². The molecular formula is C58H64N24O4S3. The van der Waals surface area contributed by atoms with Crippen LogP contribution in [0.2, 0.25) is 0 Å². The van der Waals surface area contributed by atoms with Gasteiger partial charge < -0.3 is 27.6 Å². The van der Waals surface area contributed by atoms with Crippen LogP contribution in [0.15, 0.2) is 366 Å². The number of pyridine rings is 2. The molecule has 31 heteroatoms. The van der Waals surface area contributed by atoms with Crippen molar-refractivity contribution < 1.29 is 17.7 Å². The van der Waals surface area contributed by atoms with Crippen LogP contribution < -0.4 is 0 Å². The third-order valence-electron chi connectivity index (χ3n) is 7.13. The number of hydrogen-bond acceptors (Lipinski definition) is 27. The second-order valence-corrected chi connectivity index (χ2v) is 15.7. The lowest BCUT2D eigenvalue weighted by molar-refractivity contribution is 0.557. The molecule has 2 aliphatic heterocycles. The quantitative estimate of drug-likeness (QED) is 0.110. The Kier molecular flexibility index (Phi) is 60.4. The molecule has 0 bridgehead atoms. The lowest BCUT2D eigenvalue weighted by Gasteiger charge is -1.70. The van der Waals surface area contributed by atoms with Gasteiger partial charge in [-0.2, -0.15) is 47.2 Å². The summed E-state index contributed by atoms with van der Waals surface area (Å²) >= 11 is 4.81. The number of oxazole rings is 2. The van der Waals surface area contributed by atoms with Gasteiger partial charge in [-0.25, -0.2) is 19.9 Å². The van der Waals surface area contributed by atoms with E-state index in [9.17, 15) is 0 Å². The van der Waals surface area contributed by atoms with Crippen molar-refractivity contribution in [2.45, 2.75) is 0 Å². The monoisotopic (exact) mass is 1260 g/mol. The Bertz CT molecular complexity index is 2360. The van der Waals surface area contributed by atoms with E-state index in [0.29, 0.717) is 6.54 Å². The molecule has 0 aliphatic carbocycles. The third-order valence-corrected chi connectivity index (χ3v) is 8.72. The molecule has 28 nitrogen and oxygen atoms in total. The Morgan fingerprint density at radius 3 is 1.08 bits per heavy atom. The molecular weight excluding hydrogens is 1190 g/mol. The fraction of sp³-hybridized carbons (Fsp3) is 0.0345. The maximum absolute atomic E-state index is 4.58. The Morgan fingerprint density at radius 1 is 0.337 bits per heavy atom. The first-order valence-electron chi connectivity index (χ1n) is 25.3. The molecule has 0 saturated carbocycles. The van der Waals surface area contributed by atoms with E-state index in [1.54, 1.807) is 207 Å². The van der Waals surface area contributed by atoms with Crippen molar-refractivity contribution in [3.8, 4) is 0 Å². The zero-order valence-corrected chi connectivity index (χ0v) is 50.0. The van der Waals surface area contributed by atoms with Gasteiger partial charge in [0.05, 0.1) is 81.0 Å². The first-order valence-corrected chi connectivity index (χ1v) is 28.1. The van der Waals surface area contributed by atoms with Crippen LogP contribution in [-0.2, 0) is 0 Å². The number of thiazole rings is 1. The summed E-state index contributed by atoms with van der Waals surface area (Å²) in [6, 6.07) is 32.2. The van der Waals surface area contributed by atoms with E-state index in [2.05, 4.69) is 139 Å². The first-order chi connectivity index (χ1) is 44.5. The summed E-state index contributed by atoms with van der Waals surface area (Å²) < 4.78 is 18.1. The van der Waals surface area contributed by atoms with Crippen molar-refractivity contribution in [2.24, 2.45) is 25.4 Å². The molecule has 0 aromatic carbocycles. The predicted octanol–water partition coefficient (Wildman–Crippen LogP) is 12.6. The van der Waals surface area contributed by atoms with E-state index in [0.717, 1.165) is 6.54 Å². The summed E-state index contributed by atoms with van der Waals surface area (Å²) in [5.41, 5.74) is 5.15. The number of rotatable bonds is 0. The predicted molar refractivity (Wildman–Crippen MR) is 344 cm³/mol. The van der Waals surface area contributed by atoms with Crippen LogP contribution in [0, 0.1) is 0 Å². The number of nitrogens with zero attached hydrogens (tertiary/aromatic N) is 20. The van der Waals surface area contributed by atoms with Crippen LogP contribution in [0.3, 0.4) is 0 Å². The van der Waals surface area contributed by atoms with Gasteiger partial charge in [-0.3, -0.25) is 35.0 Å². The van der Waals surface area contributed by atoms with Crippen molar-refractivity contribution >= 4 is 52.8 Å². The number of H-pyrrole nitrogens is 4. The Morgan fingerprint density at radius 2 is 0.921 bits per heavy atom. The van der Waals surface area contributed by atoms with Gasteiger partial charge in [-0.15, -0.1) is 38.0 Å². The number of thiophene rings is 1. The number of nitrogens with one attached hydrogen (secondary N) is 4. The summed E-state index contributed by atoms with van der Waals surface area (Å²) in [5, 5.41) is 45.8. The summed E-state index contributed by atoms with van der Waals surface area (Å²) in [7, 11) is 0. The number of hydrogen-bond donors (Lipinski definition) is 4. The van der Waals surface area contributed by atoms with Gasteiger partial charge in [0.15, 0.2) is 12.8 Å². The van der Waals surface area contributed by atoms with Crippen molar-refractivity contribution in [2.75, 3.05) is 13.1 Å². The summed E-state index contributed by atoms with van der Waals surface area (Å²) in [5.74, 6) is 0. The summed E-state index contributed by atoms with van der Waals surface area (Å²) in [4.78, 5) is 42.5. The molecule has 2 aliphatic rings. The minimum atomic E-state index is 0.667. The maximum atomic E-state index is 4.58. The lowest BCUT2D eigenvalue weighted by Crippen LogP contribution is -1.69. The smallest absolute Gasteiger partial charge is 0.180 e. The Hall–Kier alpha value is -12.2. The SMILES string of the molecule is C1=NC=NC1.C1=NN=NC1.c1c[nH]cn1.c1cc[nH]c1.c1ccncc1.c1ccncc1.c1ccnnc1.c1ccoc1.c1ccoc1.c1ccsc1.c1cn[nH]c1.c1cn[nH]n1.c1cnccn1.c1cocn1.c1cocn1.c1cscn1.c1nncs1. The average molecular weight is 1260 g/mol. The molecule has 0 atom stereocenters. The highest BCUT2D eigenvalue weighted by molar-refractivity contribution is 7.08. The number of imidazole rings is 1. The van der Waals surface area contributed by atoms with Gasteiger partial charge in [0, 0.05) is 117 Å². The normalized spacial score (nSPS) is 9.08. The molecule has 458 valence electrons. The van der Waals surface area contributed by atoms with Gasteiger partial charge in [-0.05, 0) is 94.8 Å². The number of aliphatic imine (C=N–C) groups is 2. The topological polar surface area (TPSA) is 371 Å². The molecule has 4 N–H and O–H groups in total. The first kappa shape index (κ1) is 74.8. The van der Waals surface area contributed by atoms with Crippen molar-refractivity contribution in [3.05, 3.63) is 323 Å². The number of aromatic nitrogens is 19. The lowest BCUT2D eigenvalue weighted by atomic mass is 10.5. The van der Waals surface area contributed by atoms with E-state index in [1.165, 1.54) is 36.7 Å². The van der Waals surface area contributed by atoms with Gasteiger partial charge in [0.25, 0.3) is 0 Å². The zero-order valence-electron chi connectivity index (χ0n) is 47.5. The molecule has 0 saturated heterocycles. The highest BCUT2D eigenvalue weighted by Crippen LogP contribution is 1.92. The zero-order chi connectivity index (χ0) is 62.9. The molecule has 0 radical (unpaired) electrons. The molecule has 15 aromatic heterocycles. The summed E-state index contributed by atoms with van der Waals surface area (Å²) in [6.07, 6.45) is 54.5. The van der Waals surface area contributed by atoms with Gasteiger partial charge in [0.1, 0.15) is 29.9 Å². The Balaban J connectivity index is 0.000000473. The highest BCUT2D eigenvalue weighted by Gasteiger charge is 1.76. The van der Waals surface area contributed by atoms with Crippen LogP contribution in [0.1, 0.15) is 0 Å². The van der Waals surface area contributed by atoms with Gasteiger partial charge in [-0.1, -0.05) is 24.3 Å². The van der Waals surface area contributed by atoms with Crippen LogP contribution >= 0.6 is 34.0 Å². The second-order valence-electron chi connectivity index (χ2n) is 13.4. The second kappa shape index (κ2) is 71.9. The van der Waals surface area contributed by atoms with E-state index in [4.69, 9.17) is 0 Å². The van der Waals surface area contributed by atoms with Crippen LogP contribution in [0.4, 0.5) is 0 Å². The highest BCUT2D eigenvalue weighted by atomic mass is 32.1. The third kappa shape index (κ3) is 70.0. The van der Waals surface area contributed by atoms with E-state index in [-0.39, 0.29) is 0 Å². The maximum Gasteiger partial charge on any atom is 0.180 e. The van der Waals surface area contributed by atoms with Crippen LogP contribution in [0.25, 0.3) is 0 Å². The Labute approximate surface area is 524 Å². The average Bonchev–Trinajstić information content (AvgIpc) is 4.44. The van der Waals surface area contributed by atoms with Crippen LogP contribution in [-0.4, -0.2) is 128 Å². The fourth-order valence-electron chi connectivity index (χ4n) is 3.77. The van der Waals surface area contributed by atoms with Crippen molar-refractivity contribution in [1.82, 2.24) is 95.8 Å². The van der Waals surface area contributed by atoms with E-state index in [1.807, 2.05) is 132 Å². The van der Waals surface area contributed by atoms with E-state index >= 15 is 0 Å². The molecule has 15 aromatic rings. The number of furan rings is 2. The molecule has 89 heavy (non-hydrogen) atoms. The number of aromatic amines is 4. The van der Waals surface area contributed by atoms with E-state index < -0.39 is 0 Å².